The van der Waals surface area contributed by atoms with Crippen molar-refractivity contribution in [3.63, 3.8) is 0 Å². The quantitative estimate of drug-likeness (QED) is 0.856. The molecule has 104 valence electrons. The van der Waals surface area contributed by atoms with Crippen LogP contribution < -0.4 is 5.32 Å². The monoisotopic (exact) mass is 262 g/mol. The number of nitrogens with one attached hydrogen (secondary N) is 1. The summed E-state index contributed by atoms with van der Waals surface area (Å²) in [4.78, 5) is 14.0. The van der Waals surface area contributed by atoms with E-state index in [9.17, 15) is 9.90 Å². The highest BCUT2D eigenvalue weighted by Gasteiger charge is 2.37. The number of hydrogen-bond acceptors (Lipinski definition) is 3. The largest absolute Gasteiger partial charge is 0.394 e. The van der Waals surface area contributed by atoms with Crippen molar-refractivity contribution in [1.29, 1.82) is 0 Å². The molecule has 1 aromatic rings. The Morgan fingerprint density at radius 3 is 2.58 bits per heavy atom. The third-order valence-corrected chi connectivity index (χ3v) is 3.48. The lowest BCUT2D eigenvalue weighted by atomic mass is 9.97. The van der Waals surface area contributed by atoms with Crippen LogP contribution in [0, 0.1) is 6.92 Å². The first kappa shape index (κ1) is 14.0. The van der Waals surface area contributed by atoms with E-state index in [2.05, 4.69) is 36.5 Å². The lowest BCUT2D eigenvalue weighted by molar-refractivity contribution is -0.135. The number of benzene rings is 1. The third kappa shape index (κ3) is 3.33. The van der Waals surface area contributed by atoms with E-state index in [1.165, 1.54) is 5.56 Å². The summed E-state index contributed by atoms with van der Waals surface area (Å²) in [6.45, 7) is 7.33. The molecular formula is C15H22N2O2. The van der Waals surface area contributed by atoms with Gasteiger partial charge in [0.1, 0.15) is 6.04 Å². The SMILES string of the molecule is Cc1ccc(CN2CC(C)(C)NC(=O)C2CO)cc1. The van der Waals surface area contributed by atoms with Crippen LogP contribution in [-0.2, 0) is 11.3 Å². The van der Waals surface area contributed by atoms with E-state index in [-0.39, 0.29) is 18.1 Å². The van der Waals surface area contributed by atoms with Crippen LogP contribution in [0.15, 0.2) is 24.3 Å². The van der Waals surface area contributed by atoms with Gasteiger partial charge >= 0.3 is 0 Å². The molecule has 4 heteroatoms. The molecule has 1 amide bonds. The number of hydrogen-bond donors (Lipinski definition) is 2. The first-order valence-electron chi connectivity index (χ1n) is 6.64. The zero-order valence-corrected chi connectivity index (χ0v) is 11.8. The summed E-state index contributed by atoms with van der Waals surface area (Å²) in [5.41, 5.74) is 2.13. The van der Waals surface area contributed by atoms with Crippen molar-refractivity contribution >= 4 is 5.91 Å². The number of aliphatic hydroxyl groups excluding tert-OH is 1. The Balaban J connectivity index is 2.15. The van der Waals surface area contributed by atoms with Crippen LogP contribution in [0.4, 0.5) is 0 Å². The lowest BCUT2D eigenvalue weighted by Crippen LogP contribution is -2.65. The van der Waals surface area contributed by atoms with Gasteiger partial charge in [-0.15, -0.1) is 0 Å². The Kier molecular flexibility index (Phi) is 3.92. The Hall–Kier alpha value is -1.39. The van der Waals surface area contributed by atoms with Crippen molar-refractivity contribution in [3.05, 3.63) is 35.4 Å². The number of carbonyl (C=O) groups is 1. The van der Waals surface area contributed by atoms with Gasteiger partial charge in [0.05, 0.1) is 6.61 Å². The van der Waals surface area contributed by atoms with Gasteiger partial charge in [-0.2, -0.15) is 0 Å². The average Bonchev–Trinajstić information content (AvgIpc) is 2.30. The molecule has 19 heavy (non-hydrogen) atoms. The molecule has 1 aromatic carbocycles. The minimum atomic E-state index is -0.450. The second-order valence-corrected chi connectivity index (χ2v) is 5.96. The number of piperazine rings is 1. The first-order valence-corrected chi connectivity index (χ1v) is 6.64. The Bertz CT molecular complexity index is 454. The Labute approximate surface area is 114 Å². The van der Waals surface area contributed by atoms with Gasteiger partial charge in [-0.25, -0.2) is 0 Å². The molecule has 1 fully saturated rings. The maximum absolute atomic E-state index is 12.0. The van der Waals surface area contributed by atoms with Gasteiger partial charge < -0.3 is 10.4 Å². The predicted octanol–water partition coefficient (Wildman–Crippen LogP) is 1.07. The number of amides is 1. The third-order valence-electron chi connectivity index (χ3n) is 3.48. The summed E-state index contributed by atoms with van der Waals surface area (Å²) in [6, 6.07) is 7.83. The summed E-state index contributed by atoms with van der Waals surface area (Å²) in [5, 5.41) is 12.4. The number of rotatable bonds is 3. The van der Waals surface area contributed by atoms with Crippen LogP contribution in [-0.4, -0.2) is 40.6 Å². The van der Waals surface area contributed by atoms with Crippen LogP contribution in [0.1, 0.15) is 25.0 Å². The highest BCUT2D eigenvalue weighted by atomic mass is 16.3. The molecule has 0 radical (unpaired) electrons. The van der Waals surface area contributed by atoms with E-state index < -0.39 is 6.04 Å². The molecule has 0 aliphatic carbocycles. The molecule has 2 rings (SSSR count). The summed E-state index contributed by atoms with van der Waals surface area (Å²) in [6.07, 6.45) is 0. The van der Waals surface area contributed by atoms with Crippen molar-refractivity contribution in [1.82, 2.24) is 10.2 Å². The summed E-state index contributed by atoms with van der Waals surface area (Å²) < 4.78 is 0. The van der Waals surface area contributed by atoms with E-state index in [1.54, 1.807) is 0 Å². The highest BCUT2D eigenvalue weighted by molar-refractivity contribution is 5.83. The molecule has 1 aliphatic heterocycles. The Morgan fingerprint density at radius 2 is 2.00 bits per heavy atom. The van der Waals surface area contributed by atoms with Crippen LogP contribution >= 0.6 is 0 Å². The number of aliphatic hydroxyl groups is 1. The molecule has 1 aliphatic rings. The zero-order chi connectivity index (χ0) is 14.0. The fourth-order valence-electron chi connectivity index (χ4n) is 2.53. The zero-order valence-electron chi connectivity index (χ0n) is 11.8. The van der Waals surface area contributed by atoms with Crippen LogP contribution in [0.25, 0.3) is 0 Å². The van der Waals surface area contributed by atoms with Gasteiger partial charge in [0.25, 0.3) is 0 Å². The molecule has 1 saturated heterocycles. The van der Waals surface area contributed by atoms with Crippen LogP contribution in [0.3, 0.4) is 0 Å². The minimum Gasteiger partial charge on any atom is -0.394 e. The van der Waals surface area contributed by atoms with Gasteiger partial charge in [-0.1, -0.05) is 29.8 Å². The second kappa shape index (κ2) is 5.31. The van der Waals surface area contributed by atoms with E-state index >= 15 is 0 Å². The highest BCUT2D eigenvalue weighted by Crippen LogP contribution is 2.19. The smallest absolute Gasteiger partial charge is 0.240 e. The second-order valence-electron chi connectivity index (χ2n) is 5.96. The molecule has 1 heterocycles. The fraction of sp³-hybridized carbons (Fsp3) is 0.533. The predicted molar refractivity (Wildman–Crippen MR) is 74.7 cm³/mol. The van der Waals surface area contributed by atoms with Gasteiger partial charge in [-0.05, 0) is 26.3 Å². The standard InChI is InChI=1S/C15H22N2O2/c1-11-4-6-12(7-5-11)8-17-10-15(2,3)16-14(19)13(17)9-18/h4-7,13,18H,8-10H2,1-3H3,(H,16,19). The van der Waals surface area contributed by atoms with Gasteiger partial charge in [-0.3, -0.25) is 9.69 Å². The van der Waals surface area contributed by atoms with Crippen molar-refractivity contribution in [2.24, 2.45) is 0 Å². The molecule has 0 aromatic heterocycles. The summed E-state index contributed by atoms with van der Waals surface area (Å²) >= 11 is 0. The molecule has 4 nitrogen and oxygen atoms in total. The number of carbonyl (C=O) groups excluding carboxylic acids is 1. The van der Waals surface area contributed by atoms with Gasteiger partial charge in [0, 0.05) is 18.6 Å². The molecule has 1 atom stereocenters. The van der Waals surface area contributed by atoms with Crippen molar-refractivity contribution in [2.45, 2.75) is 38.9 Å². The van der Waals surface area contributed by atoms with Gasteiger partial charge in [0.2, 0.25) is 5.91 Å². The van der Waals surface area contributed by atoms with Crippen molar-refractivity contribution in [3.8, 4) is 0 Å². The molecular weight excluding hydrogens is 240 g/mol. The number of aryl methyl sites for hydroxylation is 1. The first-order chi connectivity index (χ1) is 8.91. The maximum Gasteiger partial charge on any atom is 0.240 e. The minimum absolute atomic E-state index is 0.0918. The van der Waals surface area contributed by atoms with Crippen LogP contribution in [0.5, 0.6) is 0 Å². The van der Waals surface area contributed by atoms with Gasteiger partial charge in [0.15, 0.2) is 0 Å². The molecule has 0 bridgehead atoms. The number of nitrogens with zero attached hydrogens (tertiary/aromatic N) is 1. The van der Waals surface area contributed by atoms with Crippen LogP contribution in [0.2, 0.25) is 0 Å². The van der Waals surface area contributed by atoms with E-state index in [0.29, 0.717) is 6.54 Å². The normalized spacial score (nSPS) is 23.2. The molecule has 2 N–H and O–H groups in total. The molecule has 0 saturated carbocycles. The molecule has 0 spiro atoms. The lowest BCUT2D eigenvalue weighted by Gasteiger charge is -2.43. The molecule has 1 unspecified atom stereocenters. The van der Waals surface area contributed by atoms with E-state index in [0.717, 1.165) is 12.1 Å². The van der Waals surface area contributed by atoms with Crippen molar-refractivity contribution in [2.75, 3.05) is 13.2 Å². The summed E-state index contributed by atoms with van der Waals surface area (Å²) in [5.74, 6) is -0.0918. The topological polar surface area (TPSA) is 52.6 Å². The Morgan fingerprint density at radius 1 is 1.37 bits per heavy atom. The fourth-order valence-corrected chi connectivity index (χ4v) is 2.53. The summed E-state index contributed by atoms with van der Waals surface area (Å²) in [7, 11) is 0. The van der Waals surface area contributed by atoms with E-state index in [1.807, 2.05) is 18.7 Å². The maximum atomic E-state index is 12.0. The average molecular weight is 262 g/mol. The van der Waals surface area contributed by atoms with Crippen molar-refractivity contribution < 1.29 is 9.90 Å². The van der Waals surface area contributed by atoms with E-state index in [4.69, 9.17) is 0 Å².